The average Bonchev–Trinajstić information content (AvgIpc) is 2.44. The number of benzene rings is 1. The van der Waals surface area contributed by atoms with Crippen molar-refractivity contribution < 1.29 is 4.74 Å². The maximum atomic E-state index is 5.94. The van der Waals surface area contributed by atoms with Gasteiger partial charge in [-0.3, -0.25) is 0 Å². The number of ether oxygens (including phenoxy) is 1. The standard InChI is InChI=1S/C15H26N2O/c1-5-13-6-8-14(9-7-13)17(3)15(2,12-16)10-11-18-4/h6-9H,5,10-12,16H2,1-4H3. The fraction of sp³-hybridized carbons (Fsp3) is 0.600. The molecule has 1 aromatic carbocycles. The van der Waals surface area contributed by atoms with Gasteiger partial charge in [0, 0.05) is 33.0 Å². The van der Waals surface area contributed by atoms with Gasteiger partial charge < -0.3 is 15.4 Å². The molecule has 0 amide bonds. The number of aryl methyl sites for hydroxylation is 1. The molecule has 0 aliphatic heterocycles. The van der Waals surface area contributed by atoms with Crippen LogP contribution in [0.2, 0.25) is 0 Å². The van der Waals surface area contributed by atoms with Gasteiger partial charge in [-0.15, -0.1) is 0 Å². The number of rotatable bonds is 7. The van der Waals surface area contributed by atoms with E-state index in [4.69, 9.17) is 10.5 Å². The number of nitrogens with zero attached hydrogens (tertiary/aromatic N) is 1. The lowest BCUT2D eigenvalue weighted by Gasteiger charge is -2.39. The molecular weight excluding hydrogens is 224 g/mol. The van der Waals surface area contributed by atoms with Crippen LogP contribution in [0, 0.1) is 0 Å². The maximum absolute atomic E-state index is 5.94. The molecule has 0 aliphatic carbocycles. The van der Waals surface area contributed by atoms with Crippen LogP contribution in [0.15, 0.2) is 24.3 Å². The number of methoxy groups -OCH3 is 1. The van der Waals surface area contributed by atoms with Crippen molar-refractivity contribution in [3.8, 4) is 0 Å². The smallest absolute Gasteiger partial charge is 0.0514 e. The number of hydrogen-bond acceptors (Lipinski definition) is 3. The van der Waals surface area contributed by atoms with E-state index in [0.717, 1.165) is 19.4 Å². The fourth-order valence-electron chi connectivity index (χ4n) is 2.00. The Kier molecular flexibility index (Phi) is 5.63. The molecule has 0 spiro atoms. The van der Waals surface area contributed by atoms with E-state index in [1.807, 2.05) is 0 Å². The highest BCUT2D eigenvalue weighted by molar-refractivity contribution is 5.49. The quantitative estimate of drug-likeness (QED) is 0.808. The van der Waals surface area contributed by atoms with Crippen molar-refractivity contribution in [1.82, 2.24) is 0 Å². The minimum atomic E-state index is -0.0657. The summed E-state index contributed by atoms with van der Waals surface area (Å²) in [6, 6.07) is 8.69. The third kappa shape index (κ3) is 3.47. The molecule has 18 heavy (non-hydrogen) atoms. The number of likely N-dealkylation sites (N-methyl/N-ethyl adjacent to an activating group) is 1. The first kappa shape index (κ1) is 15.0. The lowest BCUT2D eigenvalue weighted by molar-refractivity contribution is 0.172. The monoisotopic (exact) mass is 250 g/mol. The Morgan fingerprint density at radius 1 is 1.28 bits per heavy atom. The van der Waals surface area contributed by atoms with E-state index < -0.39 is 0 Å². The Bertz CT molecular complexity index is 350. The minimum Gasteiger partial charge on any atom is -0.385 e. The predicted molar refractivity (Wildman–Crippen MR) is 78.2 cm³/mol. The first-order valence-electron chi connectivity index (χ1n) is 6.59. The van der Waals surface area contributed by atoms with Crippen LogP contribution in [0.4, 0.5) is 5.69 Å². The van der Waals surface area contributed by atoms with E-state index in [0.29, 0.717) is 6.54 Å². The van der Waals surface area contributed by atoms with Crippen molar-refractivity contribution in [2.75, 3.05) is 32.2 Å². The van der Waals surface area contributed by atoms with Crippen LogP contribution in [-0.2, 0) is 11.2 Å². The zero-order chi connectivity index (χ0) is 13.6. The fourth-order valence-corrected chi connectivity index (χ4v) is 2.00. The van der Waals surface area contributed by atoms with Gasteiger partial charge in [0.1, 0.15) is 0 Å². The second-order valence-electron chi connectivity index (χ2n) is 5.02. The Balaban J connectivity index is 2.84. The van der Waals surface area contributed by atoms with Crippen molar-refractivity contribution in [1.29, 1.82) is 0 Å². The SMILES string of the molecule is CCc1ccc(N(C)C(C)(CN)CCOC)cc1. The largest absolute Gasteiger partial charge is 0.385 e. The molecule has 1 unspecified atom stereocenters. The number of hydrogen-bond donors (Lipinski definition) is 1. The van der Waals surface area contributed by atoms with Gasteiger partial charge >= 0.3 is 0 Å². The molecule has 0 aromatic heterocycles. The molecule has 3 heteroatoms. The zero-order valence-electron chi connectivity index (χ0n) is 12.1. The summed E-state index contributed by atoms with van der Waals surface area (Å²) in [7, 11) is 3.83. The molecule has 0 radical (unpaired) electrons. The number of nitrogens with two attached hydrogens (primary N) is 1. The molecule has 0 heterocycles. The summed E-state index contributed by atoms with van der Waals surface area (Å²) in [5.41, 5.74) is 8.44. The predicted octanol–water partition coefficient (Wildman–Crippen LogP) is 2.44. The summed E-state index contributed by atoms with van der Waals surface area (Å²) >= 11 is 0. The lowest BCUT2D eigenvalue weighted by Crippen LogP contribution is -2.50. The van der Waals surface area contributed by atoms with E-state index in [-0.39, 0.29) is 5.54 Å². The highest BCUT2D eigenvalue weighted by Gasteiger charge is 2.27. The Morgan fingerprint density at radius 3 is 2.33 bits per heavy atom. The zero-order valence-corrected chi connectivity index (χ0v) is 12.1. The van der Waals surface area contributed by atoms with E-state index in [1.165, 1.54) is 11.3 Å². The third-order valence-corrected chi connectivity index (χ3v) is 3.83. The van der Waals surface area contributed by atoms with Crippen LogP contribution in [0.1, 0.15) is 25.8 Å². The highest BCUT2D eigenvalue weighted by atomic mass is 16.5. The summed E-state index contributed by atoms with van der Waals surface area (Å²) in [6.45, 7) is 5.69. The summed E-state index contributed by atoms with van der Waals surface area (Å²) in [6.07, 6.45) is 1.99. The second kappa shape index (κ2) is 6.76. The molecule has 2 N–H and O–H groups in total. The van der Waals surface area contributed by atoms with Gasteiger partial charge in [-0.05, 0) is 37.5 Å². The summed E-state index contributed by atoms with van der Waals surface area (Å²) in [4.78, 5) is 2.26. The molecule has 102 valence electrons. The molecule has 1 rings (SSSR count). The molecule has 0 bridgehead atoms. The normalized spacial score (nSPS) is 14.3. The summed E-state index contributed by atoms with van der Waals surface area (Å²) in [5.74, 6) is 0. The van der Waals surface area contributed by atoms with Crippen molar-refractivity contribution in [3.05, 3.63) is 29.8 Å². The van der Waals surface area contributed by atoms with E-state index >= 15 is 0 Å². The van der Waals surface area contributed by atoms with Gasteiger partial charge in [0.05, 0.1) is 5.54 Å². The van der Waals surface area contributed by atoms with Crippen molar-refractivity contribution in [2.24, 2.45) is 5.73 Å². The maximum Gasteiger partial charge on any atom is 0.0514 e. The van der Waals surface area contributed by atoms with Crippen LogP contribution >= 0.6 is 0 Å². The number of anilines is 1. The average molecular weight is 250 g/mol. The molecule has 0 saturated heterocycles. The molecule has 1 aromatic rings. The molecular formula is C15H26N2O. The second-order valence-corrected chi connectivity index (χ2v) is 5.02. The Labute approximate surface area is 111 Å². The van der Waals surface area contributed by atoms with Crippen molar-refractivity contribution >= 4 is 5.69 Å². The van der Waals surface area contributed by atoms with Gasteiger partial charge in [0.2, 0.25) is 0 Å². The van der Waals surface area contributed by atoms with Gasteiger partial charge in [-0.1, -0.05) is 19.1 Å². The van der Waals surface area contributed by atoms with Crippen LogP contribution < -0.4 is 10.6 Å². The van der Waals surface area contributed by atoms with Crippen molar-refractivity contribution in [3.63, 3.8) is 0 Å². The van der Waals surface area contributed by atoms with Gasteiger partial charge in [-0.25, -0.2) is 0 Å². The van der Waals surface area contributed by atoms with E-state index in [1.54, 1.807) is 7.11 Å². The third-order valence-electron chi connectivity index (χ3n) is 3.83. The lowest BCUT2D eigenvalue weighted by atomic mass is 9.95. The topological polar surface area (TPSA) is 38.5 Å². The summed E-state index contributed by atoms with van der Waals surface area (Å²) < 4.78 is 5.18. The van der Waals surface area contributed by atoms with Crippen LogP contribution in [0.3, 0.4) is 0 Å². The molecule has 3 nitrogen and oxygen atoms in total. The van der Waals surface area contributed by atoms with E-state index in [9.17, 15) is 0 Å². The Morgan fingerprint density at radius 2 is 1.89 bits per heavy atom. The van der Waals surface area contributed by atoms with Gasteiger partial charge in [0.25, 0.3) is 0 Å². The van der Waals surface area contributed by atoms with Crippen molar-refractivity contribution in [2.45, 2.75) is 32.2 Å². The first-order chi connectivity index (χ1) is 8.57. The van der Waals surface area contributed by atoms with Crippen LogP contribution in [-0.4, -0.2) is 32.8 Å². The van der Waals surface area contributed by atoms with Gasteiger partial charge in [-0.2, -0.15) is 0 Å². The van der Waals surface area contributed by atoms with Crippen LogP contribution in [0.25, 0.3) is 0 Å². The Hall–Kier alpha value is -1.06. The molecule has 0 saturated carbocycles. The molecule has 0 aliphatic rings. The van der Waals surface area contributed by atoms with Crippen LogP contribution in [0.5, 0.6) is 0 Å². The van der Waals surface area contributed by atoms with E-state index in [2.05, 4.69) is 50.1 Å². The first-order valence-corrected chi connectivity index (χ1v) is 6.59. The minimum absolute atomic E-state index is 0.0657. The molecule has 0 fully saturated rings. The van der Waals surface area contributed by atoms with Gasteiger partial charge in [0.15, 0.2) is 0 Å². The highest BCUT2D eigenvalue weighted by Crippen LogP contribution is 2.25. The summed E-state index contributed by atoms with van der Waals surface area (Å²) in [5, 5.41) is 0. The molecule has 1 atom stereocenters.